The second-order valence-corrected chi connectivity index (χ2v) is 13.2. The van der Waals surface area contributed by atoms with Crippen LogP contribution in [0.2, 0.25) is 0 Å². The third kappa shape index (κ3) is 31.0. The molecule has 0 radical (unpaired) electrons. The molecule has 1 aromatic carbocycles. The van der Waals surface area contributed by atoms with E-state index in [1.165, 1.54) is 103 Å². The number of carboxylic acid groups (broad SMARTS) is 1. The molecule has 0 N–H and O–H groups in total. The maximum absolute atomic E-state index is 10.5. The normalized spacial score (nSPS) is 10.9. The van der Waals surface area contributed by atoms with Gasteiger partial charge in [0.05, 0.1) is 113 Å². The van der Waals surface area contributed by atoms with Gasteiger partial charge >= 0.3 is 0 Å². The van der Waals surface area contributed by atoms with Crippen LogP contribution in [-0.4, -0.2) is 143 Å². The maximum Gasteiger partial charge on any atom is 0.139 e. The minimum Gasteiger partial charge on any atom is -0.907 e. The Bertz CT molecular complexity index is 744. The van der Waals surface area contributed by atoms with Gasteiger partial charge in [-0.2, -0.15) is 0 Å². The molecule has 0 heterocycles. The Balaban J connectivity index is -0.000000158. The zero-order valence-corrected chi connectivity index (χ0v) is 36.4. The molecule has 0 spiro atoms. The quantitative estimate of drug-likeness (QED) is 0.117. The first-order valence-electron chi connectivity index (χ1n) is 18.0. The van der Waals surface area contributed by atoms with E-state index in [0.29, 0.717) is 10.4 Å². The van der Waals surface area contributed by atoms with E-state index in [1.807, 2.05) is 22.6 Å². The third-order valence-corrected chi connectivity index (χ3v) is 10.8. The molecule has 0 aliphatic carbocycles. The van der Waals surface area contributed by atoms with E-state index in [4.69, 9.17) is 19.8 Å². The highest BCUT2D eigenvalue weighted by atomic mass is 127. The fourth-order valence-electron chi connectivity index (χ4n) is 3.50. The van der Waals surface area contributed by atoms with E-state index in [1.54, 1.807) is 18.2 Å². The number of nitrogens with zero attached hydrogens (tertiary/aromatic N) is 4. The smallest absolute Gasteiger partial charge is 0.139 e. The monoisotopic (exact) mass is 801 g/mol. The predicted octanol–water partition coefficient (Wildman–Crippen LogP) is 2.84. The van der Waals surface area contributed by atoms with Crippen molar-refractivity contribution in [2.75, 3.05) is 111 Å². The van der Waals surface area contributed by atoms with Crippen LogP contribution in [0.25, 0.3) is 0 Å². The minimum atomic E-state index is -2.92. The molecule has 0 unspecified atom stereocenters. The molecule has 0 aliphatic rings. The van der Waals surface area contributed by atoms with Crippen LogP contribution in [0.4, 0.5) is 0 Å². The summed E-state index contributed by atoms with van der Waals surface area (Å²) in [6, 6.07) is 6.40. The minimum absolute atomic E-state index is 0.0918. The summed E-state index contributed by atoms with van der Waals surface area (Å²) in [4.78, 5) is 10.5. The number of quaternary nitrogens is 4. The number of carbonyl (C=O) groups excluding carboxylic acids is 1. The fourth-order valence-corrected chi connectivity index (χ4v) is 3.84. The Morgan fingerprint density at radius 1 is 0.562 bits per heavy atom. The molecule has 10 nitrogen and oxygen atoms in total. The first kappa shape index (κ1) is 56.4. The predicted molar refractivity (Wildman–Crippen MR) is 207 cm³/mol. The van der Waals surface area contributed by atoms with Crippen molar-refractivity contribution in [2.24, 2.45) is 0 Å². The Morgan fingerprint density at radius 2 is 0.771 bits per heavy atom. The number of alkyl halides is 1. The van der Waals surface area contributed by atoms with Gasteiger partial charge in [0.1, 0.15) is 10.4 Å². The molecule has 0 bridgehead atoms. The second-order valence-electron chi connectivity index (χ2n) is 12.6. The Morgan fingerprint density at radius 3 is 0.917 bits per heavy atom. The van der Waals surface area contributed by atoms with Crippen molar-refractivity contribution in [1.82, 2.24) is 0 Å². The van der Waals surface area contributed by atoms with Gasteiger partial charge < -0.3 is 47.6 Å². The van der Waals surface area contributed by atoms with Crippen LogP contribution in [0.15, 0.2) is 24.3 Å². The summed E-state index contributed by atoms with van der Waals surface area (Å²) >= 11 is 2.00. The summed E-state index contributed by atoms with van der Waals surface area (Å²) in [6.45, 7) is 42.0. The molecule has 0 aromatic heterocycles. The zero-order chi connectivity index (χ0) is 39.0. The first-order valence-corrected chi connectivity index (χ1v) is 19.5. The summed E-state index contributed by atoms with van der Waals surface area (Å²) in [5, 5.41) is 35.8. The van der Waals surface area contributed by atoms with E-state index in [9.17, 15) is 9.90 Å². The molecule has 0 amide bonds. The fraction of sp³-hybridized carbons (Fsp3) is 0.806. The molecule has 288 valence electrons. The number of para-hydroxylation sites is 1. The van der Waals surface area contributed by atoms with Crippen LogP contribution in [0.1, 0.15) is 93.4 Å². The van der Waals surface area contributed by atoms with Crippen molar-refractivity contribution in [2.45, 2.75) is 83.1 Å². The van der Waals surface area contributed by atoms with Crippen molar-refractivity contribution in [3.8, 4) is 5.75 Å². The van der Waals surface area contributed by atoms with Crippen LogP contribution in [0, 0.1) is 0 Å². The summed E-state index contributed by atoms with van der Waals surface area (Å²) in [5.41, 5.74) is 0.0918. The zero-order valence-electron chi connectivity index (χ0n) is 34.2. The molecule has 0 saturated heterocycles. The Labute approximate surface area is 312 Å². The summed E-state index contributed by atoms with van der Waals surface area (Å²) < 4.78 is 10.3. The molecule has 0 saturated carbocycles. The molecule has 0 fully saturated rings. The van der Waals surface area contributed by atoms with Crippen LogP contribution in [0.5, 0.6) is 5.75 Å². The molecular formula is C36H78BIN4O6. The number of ether oxygens (including phenoxy) is 1. The highest BCUT2D eigenvalue weighted by Gasteiger charge is 2.13. The number of halogens is 1. The molecule has 12 heteroatoms. The van der Waals surface area contributed by atoms with Gasteiger partial charge in [-0.05, 0) is 118 Å². The van der Waals surface area contributed by atoms with Crippen molar-refractivity contribution < 1.29 is 47.6 Å². The van der Waals surface area contributed by atoms with Gasteiger partial charge in [-0.3, -0.25) is 7.32 Å². The first-order chi connectivity index (χ1) is 22.2. The van der Waals surface area contributed by atoms with Crippen molar-refractivity contribution in [1.29, 1.82) is 0 Å². The molecule has 0 aliphatic heterocycles. The van der Waals surface area contributed by atoms with Gasteiger partial charge in [-0.1, -0.05) is 12.1 Å². The number of hydrogen-bond donors (Lipinski definition) is 0. The van der Waals surface area contributed by atoms with Crippen molar-refractivity contribution in [3.63, 3.8) is 0 Å². The number of hydrogen-bond acceptors (Lipinski definition) is 6. The van der Waals surface area contributed by atoms with Gasteiger partial charge in [-0.25, -0.2) is 0 Å². The molecule has 1 aromatic rings. The Hall–Kier alpha value is -0.995. The van der Waals surface area contributed by atoms with Crippen LogP contribution < -0.4 is 24.9 Å². The highest BCUT2D eigenvalue weighted by Crippen LogP contribution is 2.17. The van der Waals surface area contributed by atoms with Gasteiger partial charge in [0.15, 0.2) is 0 Å². The number of benzene rings is 1. The van der Waals surface area contributed by atoms with E-state index in [0.717, 1.165) is 0 Å². The van der Waals surface area contributed by atoms with E-state index < -0.39 is 13.3 Å². The summed E-state index contributed by atoms with van der Waals surface area (Å²) in [7, 11) is 6.25. The lowest BCUT2D eigenvalue weighted by molar-refractivity contribution is -0.904. The average molecular weight is 801 g/mol. The lowest BCUT2D eigenvalue weighted by Gasteiger charge is -2.35. The molecule has 1 rings (SSSR count). The third-order valence-electron chi connectivity index (χ3n) is 10.5. The topological polar surface area (TPSA) is 119 Å². The summed E-state index contributed by atoms with van der Waals surface area (Å²) in [6.07, 6.45) is 0. The van der Waals surface area contributed by atoms with Crippen molar-refractivity contribution >= 4 is 35.9 Å². The van der Waals surface area contributed by atoms with Crippen LogP contribution in [0.3, 0.4) is 0 Å². The van der Waals surface area contributed by atoms with Crippen LogP contribution in [-0.2, 0) is 0 Å². The van der Waals surface area contributed by atoms with E-state index >= 15 is 0 Å². The van der Waals surface area contributed by atoms with E-state index in [2.05, 4.69) is 111 Å². The van der Waals surface area contributed by atoms with Gasteiger partial charge in [0, 0.05) is 5.56 Å². The maximum atomic E-state index is 10.5. The number of aromatic carboxylic acids is 1. The van der Waals surface area contributed by atoms with Crippen LogP contribution >= 0.6 is 22.6 Å². The lowest BCUT2D eigenvalue weighted by atomic mass is 10.2. The highest BCUT2D eigenvalue weighted by molar-refractivity contribution is 14.1. The van der Waals surface area contributed by atoms with Gasteiger partial charge in [-0.15, -0.1) is 0 Å². The largest absolute Gasteiger partial charge is 0.907 e. The SMILES string of the molecule is CC[N+](C)(CC)CC.CC[N+](C)(CC)CC.CC[N+](C)(CC)CC.CC[N+](C)(CC)CC.O=C([O-])c1ccccc1OCI.[O-]B([O-])[O-]. The molecular weight excluding hydrogens is 722 g/mol. The number of carboxylic acids is 1. The number of carbonyl (C=O) groups is 1. The number of rotatable bonds is 15. The second kappa shape index (κ2) is 33.2. The summed E-state index contributed by atoms with van der Waals surface area (Å²) in [5.74, 6) is -0.859. The standard InChI is InChI=1S/C8H7IO3.4C7H18N.BO3/c9-5-12-7-4-2-1-3-6(7)8(10)11;4*1-5-8(4,6-2)7-3;2-1(3)4/h1-4H,5H2,(H,10,11);4*5-7H2,1-4H3;/q;4*+1;-3/p-1. The molecule has 0 atom stereocenters. The average Bonchev–Trinajstić information content (AvgIpc) is 3.11. The van der Waals surface area contributed by atoms with E-state index in [-0.39, 0.29) is 5.56 Å². The molecule has 48 heavy (non-hydrogen) atoms. The van der Waals surface area contributed by atoms with Crippen molar-refractivity contribution in [3.05, 3.63) is 29.8 Å². The van der Waals surface area contributed by atoms with Gasteiger partial charge in [0.25, 0.3) is 0 Å². The van der Waals surface area contributed by atoms with Gasteiger partial charge in [0.2, 0.25) is 0 Å². The lowest BCUT2D eigenvalue weighted by Crippen LogP contribution is -2.56. The Kier molecular flexibility index (Phi) is 39.0.